The molecule has 4 nitrogen and oxygen atoms in total. The molecule has 0 unspecified atom stereocenters. The molecule has 0 spiro atoms. The van der Waals surface area contributed by atoms with Gasteiger partial charge in [-0.25, -0.2) is 0 Å². The van der Waals surface area contributed by atoms with E-state index in [9.17, 15) is 0 Å². The fraction of sp³-hybridized carbons (Fsp3) is 0.889. The topological polar surface area (TPSA) is 34.1 Å². The van der Waals surface area contributed by atoms with Crippen molar-refractivity contribution in [2.24, 2.45) is 5.10 Å². The van der Waals surface area contributed by atoms with Gasteiger partial charge in [-0.1, -0.05) is 0 Å². The van der Waals surface area contributed by atoms with Crippen molar-refractivity contribution in [2.75, 3.05) is 27.3 Å². The van der Waals surface area contributed by atoms with Crippen LogP contribution in [-0.4, -0.2) is 44.3 Å². The van der Waals surface area contributed by atoms with E-state index in [-0.39, 0.29) is 6.29 Å². The summed E-state index contributed by atoms with van der Waals surface area (Å²) in [5.41, 5.74) is 0.841. The van der Waals surface area contributed by atoms with Crippen LogP contribution >= 0.6 is 0 Å². The van der Waals surface area contributed by atoms with Gasteiger partial charge in [-0.05, 0) is 20.8 Å². The molecule has 78 valence electrons. The molecular weight excluding hydrogens is 168 g/mol. The minimum atomic E-state index is -0.308. The standard InChI is InChI=1S/C9H20N2O2/c1-6-12-9(13-7-2)8(3)10-11(4)5/h9H,6-7H2,1-5H3. The Labute approximate surface area is 80.5 Å². The highest BCUT2D eigenvalue weighted by atomic mass is 16.7. The summed E-state index contributed by atoms with van der Waals surface area (Å²) in [5, 5.41) is 5.95. The van der Waals surface area contributed by atoms with E-state index in [1.54, 1.807) is 5.01 Å². The lowest BCUT2D eigenvalue weighted by Gasteiger charge is -2.17. The molecule has 0 saturated carbocycles. The molecule has 0 amide bonds. The van der Waals surface area contributed by atoms with Crippen LogP contribution in [0.15, 0.2) is 5.10 Å². The fourth-order valence-corrected chi connectivity index (χ4v) is 0.955. The Morgan fingerprint density at radius 1 is 1.23 bits per heavy atom. The maximum absolute atomic E-state index is 5.37. The molecule has 0 atom stereocenters. The Bertz CT molecular complexity index is 152. The predicted molar refractivity (Wildman–Crippen MR) is 53.8 cm³/mol. The Morgan fingerprint density at radius 3 is 2.00 bits per heavy atom. The van der Waals surface area contributed by atoms with E-state index in [2.05, 4.69) is 5.10 Å². The molecule has 0 fully saturated rings. The first-order valence-electron chi connectivity index (χ1n) is 4.57. The Balaban J connectivity index is 4.17. The minimum Gasteiger partial charge on any atom is -0.348 e. The average Bonchev–Trinajstić information content (AvgIpc) is 2.02. The lowest BCUT2D eigenvalue weighted by Crippen LogP contribution is -2.27. The summed E-state index contributed by atoms with van der Waals surface area (Å²) in [4.78, 5) is 0. The zero-order chi connectivity index (χ0) is 10.3. The summed E-state index contributed by atoms with van der Waals surface area (Å²) in [6.07, 6.45) is -0.308. The van der Waals surface area contributed by atoms with Gasteiger partial charge in [-0.2, -0.15) is 5.10 Å². The Kier molecular flexibility index (Phi) is 6.54. The van der Waals surface area contributed by atoms with E-state index in [0.717, 1.165) is 5.71 Å². The van der Waals surface area contributed by atoms with Gasteiger partial charge in [-0.15, -0.1) is 0 Å². The van der Waals surface area contributed by atoms with Crippen molar-refractivity contribution in [1.29, 1.82) is 0 Å². The number of ether oxygens (including phenoxy) is 2. The highest BCUT2D eigenvalue weighted by Gasteiger charge is 2.11. The fourth-order valence-electron chi connectivity index (χ4n) is 0.955. The molecule has 0 aromatic rings. The zero-order valence-corrected chi connectivity index (χ0v) is 9.20. The van der Waals surface area contributed by atoms with E-state index >= 15 is 0 Å². The lowest BCUT2D eigenvalue weighted by molar-refractivity contribution is -0.0909. The third kappa shape index (κ3) is 5.60. The van der Waals surface area contributed by atoms with Crippen LogP contribution in [0.2, 0.25) is 0 Å². The first kappa shape index (κ1) is 12.4. The molecule has 0 radical (unpaired) electrons. The Hall–Kier alpha value is -0.610. The maximum atomic E-state index is 5.37. The first-order valence-corrected chi connectivity index (χ1v) is 4.57. The molecule has 0 N–H and O–H groups in total. The van der Waals surface area contributed by atoms with Gasteiger partial charge in [0.1, 0.15) is 0 Å². The molecule has 4 heteroatoms. The molecule has 0 aromatic carbocycles. The van der Waals surface area contributed by atoms with Gasteiger partial charge in [-0.3, -0.25) is 0 Å². The van der Waals surface area contributed by atoms with E-state index in [1.165, 1.54) is 0 Å². The van der Waals surface area contributed by atoms with Crippen LogP contribution in [0.1, 0.15) is 20.8 Å². The van der Waals surface area contributed by atoms with Gasteiger partial charge in [0, 0.05) is 27.3 Å². The minimum absolute atomic E-state index is 0.308. The van der Waals surface area contributed by atoms with Crippen molar-refractivity contribution in [3.05, 3.63) is 0 Å². The summed E-state index contributed by atoms with van der Waals surface area (Å²) in [6.45, 7) is 7.04. The van der Waals surface area contributed by atoms with Crippen molar-refractivity contribution in [3.63, 3.8) is 0 Å². The largest absolute Gasteiger partial charge is 0.348 e. The Morgan fingerprint density at radius 2 is 1.69 bits per heavy atom. The lowest BCUT2D eigenvalue weighted by atomic mass is 10.4. The summed E-state index contributed by atoms with van der Waals surface area (Å²) in [7, 11) is 3.75. The van der Waals surface area contributed by atoms with Crippen LogP contribution in [0, 0.1) is 0 Å². The van der Waals surface area contributed by atoms with E-state index in [0.29, 0.717) is 13.2 Å². The van der Waals surface area contributed by atoms with Crippen molar-refractivity contribution in [2.45, 2.75) is 27.1 Å². The molecule has 0 aliphatic rings. The molecule has 0 aliphatic heterocycles. The molecule has 0 heterocycles. The number of hydrogen-bond acceptors (Lipinski definition) is 4. The van der Waals surface area contributed by atoms with Crippen molar-refractivity contribution in [3.8, 4) is 0 Å². The van der Waals surface area contributed by atoms with Crippen LogP contribution in [0.3, 0.4) is 0 Å². The SMILES string of the molecule is CCOC(OCC)C(C)=NN(C)C. The predicted octanol–water partition coefficient (Wildman–Crippen LogP) is 1.32. The van der Waals surface area contributed by atoms with Gasteiger partial charge in [0.2, 0.25) is 0 Å². The third-order valence-corrected chi connectivity index (χ3v) is 1.33. The molecular formula is C9H20N2O2. The average molecular weight is 188 g/mol. The van der Waals surface area contributed by atoms with Crippen LogP contribution in [-0.2, 0) is 9.47 Å². The van der Waals surface area contributed by atoms with Crippen LogP contribution in [0.5, 0.6) is 0 Å². The van der Waals surface area contributed by atoms with E-state index < -0.39 is 0 Å². The van der Waals surface area contributed by atoms with Gasteiger partial charge in [0.15, 0.2) is 6.29 Å². The van der Waals surface area contributed by atoms with Crippen molar-refractivity contribution >= 4 is 5.71 Å². The molecule has 0 rings (SSSR count). The highest BCUT2D eigenvalue weighted by molar-refractivity contribution is 5.84. The molecule has 13 heavy (non-hydrogen) atoms. The third-order valence-electron chi connectivity index (χ3n) is 1.33. The highest BCUT2D eigenvalue weighted by Crippen LogP contribution is 1.99. The summed E-state index contributed by atoms with van der Waals surface area (Å²) < 4.78 is 10.7. The number of rotatable bonds is 6. The first-order chi connectivity index (χ1) is 6.11. The summed E-state index contributed by atoms with van der Waals surface area (Å²) >= 11 is 0. The second-order valence-electron chi connectivity index (χ2n) is 2.83. The number of hydrogen-bond donors (Lipinski definition) is 0. The summed E-state index contributed by atoms with van der Waals surface area (Å²) in [6, 6.07) is 0. The van der Waals surface area contributed by atoms with Gasteiger partial charge < -0.3 is 14.5 Å². The summed E-state index contributed by atoms with van der Waals surface area (Å²) in [5.74, 6) is 0. The monoisotopic (exact) mass is 188 g/mol. The molecule has 0 saturated heterocycles. The quantitative estimate of drug-likeness (QED) is 0.358. The van der Waals surface area contributed by atoms with Crippen LogP contribution < -0.4 is 0 Å². The molecule has 0 bridgehead atoms. The van der Waals surface area contributed by atoms with Gasteiger partial charge in [0.05, 0.1) is 5.71 Å². The maximum Gasteiger partial charge on any atom is 0.198 e. The normalized spacial score (nSPS) is 12.3. The van der Waals surface area contributed by atoms with E-state index in [1.807, 2.05) is 34.9 Å². The zero-order valence-electron chi connectivity index (χ0n) is 9.20. The van der Waals surface area contributed by atoms with Crippen molar-refractivity contribution < 1.29 is 9.47 Å². The number of hydrazone groups is 1. The van der Waals surface area contributed by atoms with Crippen LogP contribution in [0.4, 0.5) is 0 Å². The molecule has 0 aromatic heterocycles. The second kappa shape index (κ2) is 6.86. The van der Waals surface area contributed by atoms with Gasteiger partial charge >= 0.3 is 0 Å². The van der Waals surface area contributed by atoms with Crippen molar-refractivity contribution in [1.82, 2.24) is 5.01 Å². The van der Waals surface area contributed by atoms with Crippen LogP contribution in [0.25, 0.3) is 0 Å². The van der Waals surface area contributed by atoms with Gasteiger partial charge in [0.25, 0.3) is 0 Å². The number of nitrogens with zero attached hydrogens (tertiary/aromatic N) is 2. The molecule has 0 aliphatic carbocycles. The second-order valence-corrected chi connectivity index (χ2v) is 2.83. The smallest absolute Gasteiger partial charge is 0.198 e. The van der Waals surface area contributed by atoms with E-state index in [4.69, 9.17) is 9.47 Å².